The van der Waals surface area contributed by atoms with E-state index in [2.05, 4.69) is 20.1 Å². The lowest BCUT2D eigenvalue weighted by Crippen LogP contribution is -2.25. The van der Waals surface area contributed by atoms with Gasteiger partial charge in [-0.25, -0.2) is 4.68 Å². The van der Waals surface area contributed by atoms with Crippen molar-refractivity contribution >= 4 is 11.9 Å². The minimum atomic E-state index is -4.62. The zero-order chi connectivity index (χ0) is 22.4. The van der Waals surface area contributed by atoms with Crippen LogP contribution in [-0.4, -0.2) is 40.3 Å². The molecule has 31 heavy (non-hydrogen) atoms. The molecule has 0 bridgehead atoms. The highest BCUT2D eigenvalue weighted by Crippen LogP contribution is 2.33. The van der Waals surface area contributed by atoms with Crippen molar-refractivity contribution in [2.75, 3.05) is 13.7 Å². The number of halogens is 3. The van der Waals surface area contributed by atoms with E-state index in [4.69, 9.17) is 0 Å². The molecule has 0 atom stereocenters. The van der Waals surface area contributed by atoms with E-state index < -0.39 is 17.8 Å². The number of benzene rings is 1. The first kappa shape index (κ1) is 22.0. The summed E-state index contributed by atoms with van der Waals surface area (Å²) in [5.74, 6) is -0.770. The Hall–Kier alpha value is -3.69. The van der Waals surface area contributed by atoms with Crippen molar-refractivity contribution in [3.63, 3.8) is 0 Å². The maximum Gasteiger partial charge on any atom is 0.433 e. The number of hydrogen-bond acceptors (Lipinski definition) is 5. The highest BCUT2D eigenvalue weighted by Gasteiger charge is 2.36. The van der Waals surface area contributed by atoms with Crippen molar-refractivity contribution in [3.05, 3.63) is 66.1 Å². The van der Waals surface area contributed by atoms with E-state index in [1.165, 1.54) is 43.8 Å². The molecule has 0 aliphatic rings. The largest absolute Gasteiger partial charge is 0.469 e. The van der Waals surface area contributed by atoms with Crippen LogP contribution < -0.4 is 5.32 Å². The van der Waals surface area contributed by atoms with Crippen LogP contribution >= 0.6 is 0 Å². The highest BCUT2D eigenvalue weighted by molar-refractivity contribution is 5.94. The predicted octanol–water partition coefficient (Wildman–Crippen LogP) is 3.64. The molecule has 0 radical (unpaired) electrons. The molecular weight excluding hydrogens is 413 g/mol. The SMILES string of the molecule is COC(=O)CCCNC(=O)c1ccc(-n2nc(-c3cccnc3)cc2C(F)(F)F)cc1. The lowest BCUT2D eigenvalue weighted by molar-refractivity contribution is -0.143. The van der Waals surface area contributed by atoms with Crippen LogP contribution in [0.15, 0.2) is 54.9 Å². The van der Waals surface area contributed by atoms with Crippen LogP contribution in [0.1, 0.15) is 28.9 Å². The van der Waals surface area contributed by atoms with Gasteiger partial charge in [0.2, 0.25) is 0 Å². The van der Waals surface area contributed by atoms with Gasteiger partial charge >= 0.3 is 12.1 Å². The second-order valence-electron chi connectivity index (χ2n) is 6.55. The third-order valence-electron chi connectivity index (χ3n) is 4.40. The highest BCUT2D eigenvalue weighted by atomic mass is 19.4. The van der Waals surface area contributed by atoms with Gasteiger partial charge in [-0.3, -0.25) is 14.6 Å². The maximum absolute atomic E-state index is 13.6. The molecule has 1 N–H and O–H groups in total. The summed E-state index contributed by atoms with van der Waals surface area (Å²) in [7, 11) is 1.28. The smallest absolute Gasteiger partial charge is 0.433 e. The van der Waals surface area contributed by atoms with Gasteiger partial charge in [0.25, 0.3) is 5.91 Å². The number of hydrogen-bond donors (Lipinski definition) is 1. The Kier molecular flexibility index (Phi) is 6.68. The molecule has 3 aromatic rings. The summed E-state index contributed by atoms with van der Waals surface area (Å²) in [5.41, 5.74) is 0.0774. The topological polar surface area (TPSA) is 86.1 Å². The van der Waals surface area contributed by atoms with Crippen LogP contribution in [0.25, 0.3) is 16.9 Å². The number of nitrogens with zero attached hydrogens (tertiary/aromatic N) is 3. The molecule has 1 amide bonds. The number of ether oxygens (including phenoxy) is 1. The first-order valence-electron chi connectivity index (χ1n) is 9.32. The normalized spacial score (nSPS) is 11.2. The van der Waals surface area contributed by atoms with Gasteiger partial charge in [-0.1, -0.05) is 0 Å². The molecule has 10 heteroatoms. The number of carbonyl (C=O) groups is 2. The molecule has 2 aromatic heterocycles. The third kappa shape index (κ3) is 5.47. The van der Waals surface area contributed by atoms with Crippen LogP contribution in [0.4, 0.5) is 13.2 Å². The van der Waals surface area contributed by atoms with Crippen LogP contribution in [0.5, 0.6) is 0 Å². The summed E-state index contributed by atoms with van der Waals surface area (Å²) >= 11 is 0. The van der Waals surface area contributed by atoms with Gasteiger partial charge in [0, 0.05) is 36.5 Å². The predicted molar refractivity (Wildman–Crippen MR) is 105 cm³/mol. The monoisotopic (exact) mass is 432 g/mol. The van der Waals surface area contributed by atoms with E-state index in [1.54, 1.807) is 12.1 Å². The van der Waals surface area contributed by atoms with Crippen molar-refractivity contribution < 1.29 is 27.5 Å². The molecule has 7 nitrogen and oxygen atoms in total. The molecular formula is C21H19F3N4O3. The number of aromatic nitrogens is 3. The molecule has 0 saturated heterocycles. The maximum atomic E-state index is 13.6. The Morgan fingerprint density at radius 3 is 2.52 bits per heavy atom. The van der Waals surface area contributed by atoms with Gasteiger partial charge in [-0.2, -0.15) is 18.3 Å². The number of alkyl halides is 3. The number of amides is 1. The first-order chi connectivity index (χ1) is 14.8. The second kappa shape index (κ2) is 9.41. The molecule has 1 aromatic carbocycles. The van der Waals surface area contributed by atoms with E-state index in [0.717, 1.165) is 10.7 Å². The number of esters is 1. The van der Waals surface area contributed by atoms with Crippen molar-refractivity contribution in [2.45, 2.75) is 19.0 Å². The van der Waals surface area contributed by atoms with E-state index in [-0.39, 0.29) is 35.9 Å². The molecule has 0 fully saturated rings. The van der Waals surface area contributed by atoms with Crippen LogP contribution in [-0.2, 0) is 15.7 Å². The number of pyridine rings is 1. The Labute approximate surface area is 175 Å². The Morgan fingerprint density at radius 2 is 1.90 bits per heavy atom. The van der Waals surface area contributed by atoms with E-state index in [1.807, 2.05) is 0 Å². The molecule has 2 heterocycles. The Bertz CT molecular complexity index is 1050. The lowest BCUT2D eigenvalue weighted by atomic mass is 10.2. The molecule has 0 saturated carbocycles. The Morgan fingerprint density at radius 1 is 1.16 bits per heavy atom. The fourth-order valence-electron chi connectivity index (χ4n) is 2.83. The van der Waals surface area contributed by atoms with Crippen molar-refractivity contribution in [3.8, 4) is 16.9 Å². The Balaban J connectivity index is 1.78. The molecule has 0 aliphatic carbocycles. The average Bonchev–Trinajstić information content (AvgIpc) is 3.23. The molecule has 3 rings (SSSR count). The number of nitrogens with one attached hydrogen (secondary N) is 1. The van der Waals surface area contributed by atoms with Crippen LogP contribution in [0.3, 0.4) is 0 Å². The average molecular weight is 432 g/mol. The zero-order valence-electron chi connectivity index (χ0n) is 16.5. The van der Waals surface area contributed by atoms with Gasteiger partial charge in [-0.15, -0.1) is 0 Å². The number of carbonyl (C=O) groups excluding carboxylic acids is 2. The summed E-state index contributed by atoms with van der Waals surface area (Å²) in [5, 5.41) is 6.73. The van der Waals surface area contributed by atoms with Gasteiger partial charge < -0.3 is 10.1 Å². The number of methoxy groups -OCH3 is 1. The van der Waals surface area contributed by atoms with E-state index in [9.17, 15) is 22.8 Å². The van der Waals surface area contributed by atoms with Crippen molar-refractivity contribution in [2.24, 2.45) is 0 Å². The summed E-state index contributed by atoms with van der Waals surface area (Å²) in [6.45, 7) is 0.265. The minimum Gasteiger partial charge on any atom is -0.469 e. The summed E-state index contributed by atoms with van der Waals surface area (Å²) in [4.78, 5) is 27.2. The minimum absolute atomic E-state index is 0.132. The summed E-state index contributed by atoms with van der Waals surface area (Å²) < 4.78 is 46.0. The third-order valence-corrected chi connectivity index (χ3v) is 4.40. The van der Waals surface area contributed by atoms with E-state index in [0.29, 0.717) is 12.0 Å². The molecule has 0 spiro atoms. The number of rotatable bonds is 7. The molecule has 0 aliphatic heterocycles. The zero-order valence-corrected chi connectivity index (χ0v) is 16.5. The second-order valence-corrected chi connectivity index (χ2v) is 6.55. The standard InChI is InChI=1S/C21H19F3N4O3/c1-31-19(29)5-3-11-26-20(30)14-6-8-16(9-7-14)28-18(21(22,23)24)12-17(27-28)15-4-2-10-25-13-15/h2,4,6-10,12-13H,3,5,11H2,1H3,(H,26,30). The van der Waals surface area contributed by atoms with Gasteiger partial charge in [0.1, 0.15) is 5.69 Å². The quantitative estimate of drug-likeness (QED) is 0.455. The van der Waals surface area contributed by atoms with Gasteiger partial charge in [-0.05, 0) is 48.9 Å². The van der Waals surface area contributed by atoms with Crippen molar-refractivity contribution in [1.29, 1.82) is 0 Å². The fraction of sp³-hybridized carbons (Fsp3) is 0.238. The van der Waals surface area contributed by atoms with E-state index >= 15 is 0 Å². The summed E-state index contributed by atoms with van der Waals surface area (Å²) in [6.07, 6.45) is -1.08. The van der Waals surface area contributed by atoms with Crippen LogP contribution in [0.2, 0.25) is 0 Å². The van der Waals surface area contributed by atoms with Gasteiger partial charge in [0.15, 0.2) is 0 Å². The molecule has 0 unspecified atom stereocenters. The van der Waals surface area contributed by atoms with Crippen LogP contribution in [0, 0.1) is 0 Å². The summed E-state index contributed by atoms with van der Waals surface area (Å²) in [6, 6.07) is 9.79. The van der Waals surface area contributed by atoms with Gasteiger partial charge in [0.05, 0.1) is 18.5 Å². The van der Waals surface area contributed by atoms with Crippen molar-refractivity contribution in [1.82, 2.24) is 20.1 Å². The first-order valence-corrected chi connectivity index (χ1v) is 9.32. The molecule has 162 valence electrons. The fourth-order valence-corrected chi connectivity index (χ4v) is 2.83. The lowest BCUT2D eigenvalue weighted by Gasteiger charge is -2.11.